The molecule has 0 bridgehead atoms. The van der Waals surface area contributed by atoms with Crippen molar-refractivity contribution in [1.29, 1.82) is 0 Å². The Hall–Kier alpha value is -1.51. The highest BCUT2D eigenvalue weighted by atomic mass is 32.2. The lowest BCUT2D eigenvalue weighted by Gasteiger charge is -2.07. The van der Waals surface area contributed by atoms with Gasteiger partial charge in [-0.2, -0.15) is 5.10 Å². The maximum atomic E-state index is 11.7. The third-order valence-corrected chi connectivity index (χ3v) is 4.91. The first kappa shape index (κ1) is 13.9. The fourth-order valence-corrected chi connectivity index (χ4v) is 3.23. The Labute approximate surface area is 116 Å². The van der Waals surface area contributed by atoms with Crippen molar-refractivity contribution in [2.75, 3.05) is 12.8 Å². The monoisotopic (exact) mass is 298 g/mol. The summed E-state index contributed by atoms with van der Waals surface area (Å²) in [5, 5.41) is 4.05. The fraction of sp³-hybridized carbons (Fsp3) is 0.182. The molecule has 2 rings (SSSR count). The molecule has 102 valence electrons. The van der Waals surface area contributed by atoms with Gasteiger partial charge in [-0.15, -0.1) is 0 Å². The van der Waals surface area contributed by atoms with E-state index in [1.165, 1.54) is 24.9 Å². The highest BCUT2D eigenvalue weighted by Gasteiger charge is 2.14. The number of hydrogen-bond acceptors (Lipinski definition) is 5. The quantitative estimate of drug-likeness (QED) is 0.824. The summed E-state index contributed by atoms with van der Waals surface area (Å²) in [6.45, 7) is 0. The van der Waals surface area contributed by atoms with Crippen LogP contribution < -0.4 is 10.5 Å². The number of nitrogens with one attached hydrogen (secondary N) is 1. The molecule has 2 aromatic rings. The van der Waals surface area contributed by atoms with Crippen molar-refractivity contribution in [1.82, 2.24) is 14.5 Å². The van der Waals surface area contributed by atoms with Gasteiger partial charge in [0.15, 0.2) is 0 Å². The second kappa shape index (κ2) is 5.24. The third-order valence-electron chi connectivity index (χ3n) is 2.47. The van der Waals surface area contributed by atoms with E-state index in [0.29, 0.717) is 10.6 Å². The molecule has 3 N–H and O–H groups in total. The first-order chi connectivity index (χ1) is 8.92. The van der Waals surface area contributed by atoms with Crippen LogP contribution in [-0.2, 0) is 17.1 Å². The summed E-state index contributed by atoms with van der Waals surface area (Å²) in [7, 11) is -0.275. The van der Waals surface area contributed by atoms with Crippen molar-refractivity contribution in [2.24, 2.45) is 7.05 Å². The van der Waals surface area contributed by atoms with Gasteiger partial charge in [-0.25, -0.2) is 13.1 Å². The molecule has 0 aliphatic carbocycles. The van der Waals surface area contributed by atoms with Crippen LogP contribution in [0.3, 0.4) is 0 Å². The standard InChI is InChI=1S/C11H14N4O2S2/c1-13-19(16,17)9-3-4-10(12)11(5-9)18-8-6-14-15(2)7-8/h3-7,13H,12H2,1-2H3. The molecule has 0 aliphatic heterocycles. The second-order valence-electron chi connectivity index (χ2n) is 3.86. The number of sulfonamides is 1. The molecule has 1 heterocycles. The topological polar surface area (TPSA) is 90.0 Å². The maximum absolute atomic E-state index is 11.7. The summed E-state index contributed by atoms with van der Waals surface area (Å²) < 4.78 is 27.4. The minimum absolute atomic E-state index is 0.190. The number of benzene rings is 1. The van der Waals surface area contributed by atoms with Crippen LogP contribution in [0.1, 0.15) is 0 Å². The molecule has 19 heavy (non-hydrogen) atoms. The Morgan fingerprint density at radius 2 is 2.16 bits per heavy atom. The average molecular weight is 298 g/mol. The van der Waals surface area contributed by atoms with Crippen LogP contribution in [0.5, 0.6) is 0 Å². The van der Waals surface area contributed by atoms with Crippen LogP contribution in [0, 0.1) is 0 Å². The Bertz CT molecular complexity index is 694. The normalized spacial score (nSPS) is 11.7. The minimum atomic E-state index is -3.46. The van der Waals surface area contributed by atoms with E-state index in [1.807, 2.05) is 13.2 Å². The average Bonchev–Trinajstić information content (AvgIpc) is 2.77. The van der Waals surface area contributed by atoms with Gasteiger partial charge in [-0.05, 0) is 25.2 Å². The molecule has 6 nitrogen and oxygen atoms in total. The highest BCUT2D eigenvalue weighted by Crippen LogP contribution is 2.33. The molecule has 1 aromatic carbocycles. The number of aryl methyl sites for hydroxylation is 1. The van der Waals surface area contributed by atoms with Gasteiger partial charge in [0.25, 0.3) is 0 Å². The van der Waals surface area contributed by atoms with Crippen molar-refractivity contribution in [2.45, 2.75) is 14.7 Å². The first-order valence-corrected chi connectivity index (χ1v) is 7.72. The molecular formula is C11H14N4O2S2. The Balaban J connectivity index is 2.38. The molecule has 0 spiro atoms. The summed E-state index contributed by atoms with van der Waals surface area (Å²) in [6.07, 6.45) is 3.53. The molecule has 0 radical (unpaired) electrons. The number of rotatable bonds is 4. The predicted octanol–water partition coefficient (Wildman–Crippen LogP) is 1.06. The Morgan fingerprint density at radius 1 is 1.42 bits per heavy atom. The third kappa shape index (κ3) is 3.09. The van der Waals surface area contributed by atoms with Gasteiger partial charge in [0.2, 0.25) is 10.0 Å². The van der Waals surface area contributed by atoms with E-state index >= 15 is 0 Å². The summed E-state index contributed by atoms with van der Waals surface area (Å²) in [6, 6.07) is 4.62. The van der Waals surface area contributed by atoms with E-state index in [1.54, 1.807) is 23.0 Å². The van der Waals surface area contributed by atoms with Crippen molar-refractivity contribution in [3.63, 3.8) is 0 Å². The molecule has 0 atom stereocenters. The zero-order valence-electron chi connectivity index (χ0n) is 10.5. The number of hydrogen-bond donors (Lipinski definition) is 2. The fourth-order valence-electron chi connectivity index (χ4n) is 1.47. The van der Waals surface area contributed by atoms with Crippen LogP contribution in [0.25, 0.3) is 0 Å². The second-order valence-corrected chi connectivity index (χ2v) is 6.86. The van der Waals surface area contributed by atoms with E-state index in [4.69, 9.17) is 5.73 Å². The Morgan fingerprint density at radius 3 is 2.74 bits per heavy atom. The molecule has 0 unspecified atom stereocenters. The summed E-state index contributed by atoms with van der Waals surface area (Å²) in [5.74, 6) is 0. The maximum Gasteiger partial charge on any atom is 0.240 e. The van der Waals surface area contributed by atoms with Crippen LogP contribution >= 0.6 is 11.8 Å². The van der Waals surface area contributed by atoms with Crippen molar-refractivity contribution >= 4 is 27.5 Å². The van der Waals surface area contributed by atoms with E-state index < -0.39 is 10.0 Å². The highest BCUT2D eigenvalue weighted by molar-refractivity contribution is 7.99. The molecule has 0 amide bonds. The zero-order valence-corrected chi connectivity index (χ0v) is 12.1. The number of aromatic nitrogens is 2. The van der Waals surface area contributed by atoms with Crippen LogP contribution in [0.4, 0.5) is 5.69 Å². The lowest BCUT2D eigenvalue weighted by atomic mass is 10.3. The van der Waals surface area contributed by atoms with Gasteiger partial charge in [0.05, 0.1) is 16.0 Å². The molecule has 0 saturated heterocycles. The van der Waals surface area contributed by atoms with E-state index in [2.05, 4.69) is 9.82 Å². The van der Waals surface area contributed by atoms with E-state index in [9.17, 15) is 8.42 Å². The molecule has 0 aliphatic rings. The minimum Gasteiger partial charge on any atom is -0.398 e. The summed E-state index contributed by atoms with van der Waals surface area (Å²) >= 11 is 1.38. The first-order valence-electron chi connectivity index (χ1n) is 5.42. The molecule has 0 fully saturated rings. The summed E-state index contributed by atoms with van der Waals surface area (Å²) in [4.78, 5) is 1.77. The molecule has 1 aromatic heterocycles. The summed E-state index contributed by atoms with van der Waals surface area (Å²) in [5.41, 5.74) is 6.40. The van der Waals surface area contributed by atoms with E-state index in [0.717, 1.165) is 4.90 Å². The Kier molecular flexibility index (Phi) is 3.83. The van der Waals surface area contributed by atoms with Crippen LogP contribution in [-0.4, -0.2) is 25.2 Å². The smallest absolute Gasteiger partial charge is 0.240 e. The van der Waals surface area contributed by atoms with Crippen molar-refractivity contribution < 1.29 is 8.42 Å². The van der Waals surface area contributed by atoms with Gasteiger partial charge >= 0.3 is 0 Å². The van der Waals surface area contributed by atoms with Crippen molar-refractivity contribution in [3.05, 3.63) is 30.6 Å². The lowest BCUT2D eigenvalue weighted by Crippen LogP contribution is -2.18. The van der Waals surface area contributed by atoms with Crippen LogP contribution in [0.2, 0.25) is 0 Å². The number of nitrogen functional groups attached to an aromatic ring is 1. The zero-order chi connectivity index (χ0) is 14.0. The van der Waals surface area contributed by atoms with Crippen molar-refractivity contribution in [3.8, 4) is 0 Å². The SMILES string of the molecule is CNS(=O)(=O)c1ccc(N)c(Sc2cnn(C)c2)c1. The van der Waals surface area contributed by atoms with Gasteiger partial charge in [-0.3, -0.25) is 4.68 Å². The molecule has 8 heteroatoms. The lowest BCUT2D eigenvalue weighted by molar-refractivity contribution is 0.588. The molecule has 0 saturated carbocycles. The van der Waals surface area contributed by atoms with Gasteiger partial charge in [0.1, 0.15) is 0 Å². The number of anilines is 1. The van der Waals surface area contributed by atoms with Crippen LogP contribution in [0.15, 0.2) is 45.3 Å². The largest absolute Gasteiger partial charge is 0.398 e. The molecular weight excluding hydrogens is 284 g/mol. The number of nitrogens with two attached hydrogens (primary N) is 1. The van der Waals surface area contributed by atoms with E-state index in [-0.39, 0.29) is 4.90 Å². The number of nitrogens with zero attached hydrogens (tertiary/aromatic N) is 2. The van der Waals surface area contributed by atoms with Gasteiger partial charge in [-0.1, -0.05) is 11.8 Å². The van der Waals surface area contributed by atoms with Gasteiger partial charge < -0.3 is 5.73 Å². The predicted molar refractivity (Wildman–Crippen MR) is 74.4 cm³/mol. The van der Waals surface area contributed by atoms with Gasteiger partial charge in [0, 0.05) is 23.8 Å².